The Morgan fingerprint density at radius 1 is 0.581 bits per heavy atom. The molecule has 0 unspecified atom stereocenters. The van der Waals surface area contributed by atoms with Crippen LogP contribution in [0.5, 0.6) is 0 Å². The van der Waals surface area contributed by atoms with E-state index < -0.39 is 71.5 Å². The average molecular weight is 999 g/mol. The summed E-state index contributed by atoms with van der Waals surface area (Å²) in [6.45, 7) is 7.59. The van der Waals surface area contributed by atoms with Crippen LogP contribution in [0, 0.1) is 19.3 Å². The summed E-state index contributed by atoms with van der Waals surface area (Å²) in [4.78, 5) is 98.3. The first kappa shape index (κ1) is 55.1. The normalized spacial score (nSPS) is 12.8. The van der Waals surface area contributed by atoms with Crippen LogP contribution in [0.4, 0.5) is 11.4 Å². The maximum Gasteiger partial charge on any atom is 0.321 e. The smallest absolute Gasteiger partial charge is 0.321 e. The van der Waals surface area contributed by atoms with Crippen molar-refractivity contribution in [3.8, 4) is 11.1 Å². The molecule has 0 aromatic heterocycles. The van der Waals surface area contributed by atoms with E-state index in [1.807, 2.05) is 110 Å². The van der Waals surface area contributed by atoms with E-state index in [4.69, 9.17) is 0 Å². The van der Waals surface area contributed by atoms with Gasteiger partial charge in [0, 0.05) is 24.2 Å². The second-order valence-electron chi connectivity index (χ2n) is 19.2. The summed E-state index contributed by atoms with van der Waals surface area (Å²) >= 11 is 0. The maximum absolute atomic E-state index is 14.6. The van der Waals surface area contributed by atoms with Crippen LogP contribution < -0.4 is 31.5 Å². The summed E-state index contributed by atoms with van der Waals surface area (Å²) in [7, 11) is 0. The minimum atomic E-state index is -1.25. The van der Waals surface area contributed by atoms with E-state index in [9.17, 15) is 38.7 Å². The fraction of sp³-hybridized carbons (Fsp3) is 0.283. The van der Waals surface area contributed by atoms with Crippen LogP contribution in [0.1, 0.15) is 61.4 Å². The Kier molecular flexibility index (Phi) is 19.7. The second-order valence-corrected chi connectivity index (χ2v) is 19.2. The number of rotatable bonds is 25. The lowest BCUT2D eigenvalue weighted by molar-refractivity contribution is -0.139. The van der Waals surface area contributed by atoms with Crippen LogP contribution in [0.2, 0.25) is 0 Å². The van der Waals surface area contributed by atoms with Gasteiger partial charge < -0.3 is 31.3 Å². The molecule has 0 fully saturated rings. The lowest BCUT2D eigenvalue weighted by Gasteiger charge is -2.31. The number of carboxylic acids is 1. The number of benzene rings is 6. The van der Waals surface area contributed by atoms with Gasteiger partial charge in [-0.2, -0.15) is 0 Å². The van der Waals surface area contributed by atoms with E-state index in [2.05, 4.69) is 26.6 Å². The predicted octanol–water partition coefficient (Wildman–Crippen LogP) is 7.56. The lowest BCUT2D eigenvalue weighted by Crippen LogP contribution is -2.57. The number of nitrogens with zero attached hydrogens (tertiary/aromatic N) is 1. The summed E-state index contributed by atoms with van der Waals surface area (Å²) in [5, 5.41) is 24.2. The van der Waals surface area contributed by atoms with E-state index in [1.165, 1.54) is 4.90 Å². The van der Waals surface area contributed by atoms with E-state index in [0.717, 1.165) is 27.8 Å². The van der Waals surface area contributed by atoms with Crippen molar-refractivity contribution in [1.82, 2.24) is 21.3 Å². The van der Waals surface area contributed by atoms with Crippen LogP contribution in [-0.4, -0.2) is 83.7 Å². The highest BCUT2D eigenvalue weighted by Crippen LogP contribution is 2.25. The number of carbonyl (C=O) groups excluding carboxylic acids is 6. The zero-order valence-corrected chi connectivity index (χ0v) is 42.6. The summed E-state index contributed by atoms with van der Waals surface area (Å²) in [5.74, 6) is -4.51. The Morgan fingerprint density at radius 3 is 1.76 bits per heavy atom. The van der Waals surface area contributed by atoms with Crippen molar-refractivity contribution in [2.24, 2.45) is 5.41 Å². The van der Waals surface area contributed by atoms with Gasteiger partial charge in [-0.3, -0.25) is 38.9 Å². The number of carbonyl (C=O) groups is 7. The van der Waals surface area contributed by atoms with Crippen molar-refractivity contribution in [2.75, 3.05) is 23.3 Å². The summed E-state index contributed by atoms with van der Waals surface area (Å²) in [6.07, 6.45) is 0.489. The highest BCUT2D eigenvalue weighted by molar-refractivity contribution is 6.04. The van der Waals surface area contributed by atoms with Crippen LogP contribution in [0.25, 0.3) is 11.1 Å². The topological polar surface area (TPSA) is 203 Å². The molecular weight excluding hydrogens is 933 g/mol. The molecule has 0 aliphatic carbocycles. The molecule has 4 atom stereocenters. The SMILES string of the molecule is Cc1ccc(NC(=O)CC(C)(C)C(=O)N[C@@H](CCc2ccccc2)C(=O)N[C@H](Cc2ccc(-c3ccccc3)cc2)C(=O)NCC(=O)N(c2ccccc2C)[C@H](C)C(=O)CN[C@@H](Cc2ccccc2)C(=O)O)cc1. The first-order valence-corrected chi connectivity index (χ1v) is 24.8. The first-order valence-electron chi connectivity index (χ1n) is 24.8. The second kappa shape index (κ2) is 26.5. The lowest BCUT2D eigenvalue weighted by atomic mass is 9.87. The molecule has 0 heterocycles. The summed E-state index contributed by atoms with van der Waals surface area (Å²) in [6, 6.07) is 45.5. The first-order chi connectivity index (χ1) is 35.5. The number of amides is 5. The molecule has 6 aromatic carbocycles. The fourth-order valence-electron chi connectivity index (χ4n) is 8.46. The largest absolute Gasteiger partial charge is 0.480 e. The van der Waals surface area contributed by atoms with Crippen LogP contribution >= 0.6 is 0 Å². The Hall–Kier alpha value is -8.23. The Bertz CT molecular complexity index is 2860. The standard InChI is InChI=1S/C60H66N6O8/c1-40-25-32-48(33-26-40)63-54(68)37-60(4,5)59(74)65-49(34-29-43-18-9-6-10-19-43)57(71)64-50(35-45-27-30-47(31-28-45)46-22-13-8-14-23-46)56(70)62-39-55(69)66(52-24-16-15-17-41(52)2)42(3)53(67)38-61-51(58(72)73)36-44-20-11-7-12-21-44/h6-28,30-33,42,49-51,61H,29,34-39H2,1-5H3,(H,62,70)(H,63,68)(H,64,71)(H,65,74)(H,72,73)/t42-,49+,50-,51+/m1/s1. The Labute approximate surface area is 433 Å². The van der Waals surface area contributed by atoms with Gasteiger partial charge in [0.25, 0.3) is 0 Å². The van der Waals surface area contributed by atoms with E-state index >= 15 is 0 Å². The number of ketones is 1. The molecule has 0 aliphatic heterocycles. The van der Waals surface area contributed by atoms with E-state index in [-0.39, 0.29) is 38.1 Å². The van der Waals surface area contributed by atoms with Crippen molar-refractivity contribution >= 4 is 52.7 Å². The fourth-order valence-corrected chi connectivity index (χ4v) is 8.46. The molecule has 74 heavy (non-hydrogen) atoms. The number of aryl methyl sites for hydroxylation is 3. The third-order valence-electron chi connectivity index (χ3n) is 12.9. The van der Waals surface area contributed by atoms with Gasteiger partial charge in [0.2, 0.25) is 29.5 Å². The molecule has 384 valence electrons. The number of para-hydroxylation sites is 1. The molecule has 6 N–H and O–H groups in total. The van der Waals surface area contributed by atoms with Gasteiger partial charge in [0.1, 0.15) is 18.1 Å². The molecule has 0 saturated heterocycles. The highest BCUT2D eigenvalue weighted by atomic mass is 16.4. The number of aliphatic carboxylic acids is 1. The summed E-state index contributed by atoms with van der Waals surface area (Å²) < 4.78 is 0. The van der Waals surface area contributed by atoms with Gasteiger partial charge in [-0.05, 0) is 91.6 Å². The van der Waals surface area contributed by atoms with Crippen molar-refractivity contribution in [2.45, 2.75) is 90.9 Å². The zero-order chi connectivity index (χ0) is 53.2. The molecule has 0 bridgehead atoms. The van der Waals surface area contributed by atoms with Crippen LogP contribution in [0.3, 0.4) is 0 Å². The van der Waals surface area contributed by atoms with Gasteiger partial charge in [0.05, 0.1) is 24.5 Å². The Morgan fingerprint density at radius 2 is 1.14 bits per heavy atom. The monoisotopic (exact) mass is 998 g/mol. The van der Waals surface area contributed by atoms with E-state index in [1.54, 1.807) is 88.4 Å². The zero-order valence-electron chi connectivity index (χ0n) is 42.6. The molecule has 0 radical (unpaired) electrons. The number of nitrogens with one attached hydrogen (secondary N) is 5. The van der Waals surface area contributed by atoms with Crippen molar-refractivity contribution in [3.63, 3.8) is 0 Å². The number of hydrogen-bond donors (Lipinski definition) is 6. The minimum Gasteiger partial charge on any atom is -0.480 e. The number of hydrogen-bond acceptors (Lipinski definition) is 8. The van der Waals surface area contributed by atoms with Gasteiger partial charge in [-0.25, -0.2) is 0 Å². The molecule has 6 rings (SSSR count). The number of anilines is 2. The van der Waals surface area contributed by atoms with Gasteiger partial charge in [-0.1, -0.05) is 165 Å². The van der Waals surface area contributed by atoms with Gasteiger partial charge in [-0.15, -0.1) is 0 Å². The van der Waals surface area contributed by atoms with Crippen LogP contribution in [0.15, 0.2) is 164 Å². The molecular formula is C60H66N6O8. The summed E-state index contributed by atoms with van der Waals surface area (Å²) in [5.41, 5.74) is 5.76. The van der Waals surface area contributed by atoms with Crippen LogP contribution in [-0.2, 0) is 52.8 Å². The van der Waals surface area contributed by atoms with Gasteiger partial charge >= 0.3 is 5.97 Å². The maximum atomic E-state index is 14.6. The highest BCUT2D eigenvalue weighted by Gasteiger charge is 2.36. The molecule has 0 spiro atoms. The minimum absolute atomic E-state index is 0.000646. The van der Waals surface area contributed by atoms with Crippen molar-refractivity contribution in [3.05, 3.63) is 192 Å². The predicted molar refractivity (Wildman–Crippen MR) is 288 cm³/mol. The molecule has 0 saturated carbocycles. The average Bonchev–Trinajstić information content (AvgIpc) is 3.39. The number of carboxylic acid groups (broad SMARTS) is 1. The van der Waals surface area contributed by atoms with E-state index in [0.29, 0.717) is 28.9 Å². The Balaban J connectivity index is 1.22. The third-order valence-corrected chi connectivity index (χ3v) is 12.9. The number of Topliss-reactive ketones (excluding diaryl/α,β-unsaturated/α-hetero) is 1. The molecule has 5 amide bonds. The molecule has 6 aromatic rings. The molecule has 14 nitrogen and oxygen atoms in total. The van der Waals surface area contributed by atoms with Crippen molar-refractivity contribution in [1.29, 1.82) is 0 Å². The molecule has 0 aliphatic rings. The quantitative estimate of drug-likeness (QED) is 0.0335. The van der Waals surface area contributed by atoms with Crippen molar-refractivity contribution < 1.29 is 38.7 Å². The van der Waals surface area contributed by atoms with Gasteiger partial charge in [0.15, 0.2) is 5.78 Å². The third kappa shape index (κ3) is 16.1. The molecule has 14 heteroatoms.